The molecule has 0 unspecified atom stereocenters. The molecular weight excluding hydrogens is 284 g/mol. The standard InChI is InChI=1S/C17H13ClN2O/c18-16-10-11-17(20-19-16)21-15-8-6-14(7-9-15)12-13-4-2-1-3-5-13/h1-11H,12H2. The molecule has 0 saturated heterocycles. The van der Waals surface area contributed by atoms with Gasteiger partial charge in [-0.15, -0.1) is 10.2 Å². The van der Waals surface area contributed by atoms with Gasteiger partial charge in [-0.3, -0.25) is 0 Å². The summed E-state index contributed by atoms with van der Waals surface area (Å²) in [6, 6.07) is 21.6. The predicted octanol–water partition coefficient (Wildman–Crippen LogP) is 4.51. The Morgan fingerprint density at radius 1 is 0.762 bits per heavy atom. The molecule has 1 aromatic heterocycles. The van der Waals surface area contributed by atoms with E-state index in [0.29, 0.717) is 11.0 Å². The minimum absolute atomic E-state index is 0.348. The normalized spacial score (nSPS) is 10.3. The molecule has 0 radical (unpaired) electrons. The van der Waals surface area contributed by atoms with Gasteiger partial charge >= 0.3 is 0 Å². The number of aromatic nitrogens is 2. The van der Waals surface area contributed by atoms with E-state index in [0.717, 1.165) is 12.2 Å². The molecule has 0 amide bonds. The maximum atomic E-state index is 5.68. The van der Waals surface area contributed by atoms with Crippen molar-refractivity contribution in [2.24, 2.45) is 0 Å². The summed E-state index contributed by atoms with van der Waals surface area (Å²) >= 11 is 5.68. The van der Waals surface area contributed by atoms with Crippen LogP contribution in [0.2, 0.25) is 5.15 Å². The maximum absolute atomic E-state index is 5.68. The van der Waals surface area contributed by atoms with Crippen LogP contribution in [-0.4, -0.2) is 10.2 Å². The maximum Gasteiger partial charge on any atom is 0.238 e. The molecule has 0 atom stereocenters. The summed E-state index contributed by atoms with van der Waals surface area (Å²) < 4.78 is 5.61. The molecular formula is C17H13ClN2O. The van der Waals surface area contributed by atoms with Gasteiger partial charge in [0, 0.05) is 6.07 Å². The van der Waals surface area contributed by atoms with Crippen LogP contribution in [-0.2, 0) is 6.42 Å². The van der Waals surface area contributed by atoms with Crippen LogP contribution in [0.1, 0.15) is 11.1 Å². The van der Waals surface area contributed by atoms with Gasteiger partial charge in [0.05, 0.1) is 0 Å². The van der Waals surface area contributed by atoms with Gasteiger partial charge in [-0.25, -0.2) is 0 Å². The number of rotatable bonds is 4. The molecule has 0 spiro atoms. The minimum atomic E-state index is 0.348. The van der Waals surface area contributed by atoms with Crippen LogP contribution in [0.5, 0.6) is 11.6 Å². The molecule has 4 heteroatoms. The van der Waals surface area contributed by atoms with Crippen LogP contribution in [0, 0.1) is 0 Å². The van der Waals surface area contributed by atoms with Crippen molar-refractivity contribution < 1.29 is 4.74 Å². The van der Waals surface area contributed by atoms with E-state index < -0.39 is 0 Å². The predicted molar refractivity (Wildman–Crippen MR) is 82.8 cm³/mol. The molecule has 1 heterocycles. The number of halogens is 1. The lowest BCUT2D eigenvalue weighted by atomic mass is 10.1. The third-order valence-corrected chi connectivity index (χ3v) is 3.21. The highest BCUT2D eigenvalue weighted by Crippen LogP contribution is 2.21. The van der Waals surface area contributed by atoms with Gasteiger partial charge in [0.25, 0.3) is 0 Å². The molecule has 21 heavy (non-hydrogen) atoms. The Bertz CT molecular complexity index is 697. The molecule has 2 aromatic carbocycles. The summed E-state index contributed by atoms with van der Waals surface area (Å²) in [5.74, 6) is 1.15. The van der Waals surface area contributed by atoms with Crippen LogP contribution in [0.3, 0.4) is 0 Å². The van der Waals surface area contributed by atoms with E-state index in [1.165, 1.54) is 11.1 Å². The zero-order valence-electron chi connectivity index (χ0n) is 11.2. The first-order valence-electron chi connectivity index (χ1n) is 6.59. The number of hydrogen-bond donors (Lipinski definition) is 0. The summed E-state index contributed by atoms with van der Waals surface area (Å²) in [6.07, 6.45) is 0.905. The van der Waals surface area contributed by atoms with Crippen LogP contribution in [0.4, 0.5) is 0 Å². The summed E-state index contributed by atoms with van der Waals surface area (Å²) in [5, 5.41) is 7.95. The Kier molecular flexibility index (Phi) is 4.12. The fourth-order valence-corrected chi connectivity index (χ4v) is 2.09. The SMILES string of the molecule is Clc1ccc(Oc2ccc(Cc3ccccc3)cc2)nn1. The van der Waals surface area contributed by atoms with Crippen molar-refractivity contribution in [3.8, 4) is 11.6 Å². The lowest BCUT2D eigenvalue weighted by Gasteiger charge is -2.06. The van der Waals surface area contributed by atoms with E-state index >= 15 is 0 Å². The number of nitrogens with zero attached hydrogens (tertiary/aromatic N) is 2. The molecule has 0 saturated carbocycles. The molecule has 104 valence electrons. The molecule has 3 rings (SSSR count). The van der Waals surface area contributed by atoms with Gasteiger partial charge in [0.1, 0.15) is 5.75 Å². The molecule has 0 fully saturated rings. The highest BCUT2D eigenvalue weighted by molar-refractivity contribution is 6.29. The highest BCUT2D eigenvalue weighted by Gasteiger charge is 2.01. The van der Waals surface area contributed by atoms with E-state index in [1.54, 1.807) is 12.1 Å². The van der Waals surface area contributed by atoms with Crippen LogP contribution < -0.4 is 4.74 Å². The Hall–Kier alpha value is -2.39. The molecule has 0 aliphatic carbocycles. The topological polar surface area (TPSA) is 35.0 Å². The van der Waals surface area contributed by atoms with Crippen LogP contribution in [0.15, 0.2) is 66.7 Å². The second-order valence-corrected chi connectivity index (χ2v) is 4.99. The Balaban J connectivity index is 1.68. The summed E-state index contributed by atoms with van der Waals surface area (Å²) in [7, 11) is 0. The van der Waals surface area contributed by atoms with Crippen molar-refractivity contribution >= 4 is 11.6 Å². The number of ether oxygens (including phenoxy) is 1. The average molecular weight is 297 g/mol. The fraction of sp³-hybridized carbons (Fsp3) is 0.0588. The average Bonchev–Trinajstić information content (AvgIpc) is 2.53. The van der Waals surface area contributed by atoms with Crippen molar-refractivity contribution in [1.82, 2.24) is 10.2 Å². The first-order chi connectivity index (χ1) is 10.3. The zero-order chi connectivity index (χ0) is 14.5. The summed E-state index contributed by atoms with van der Waals surface area (Å²) in [6.45, 7) is 0. The van der Waals surface area contributed by atoms with E-state index in [2.05, 4.69) is 22.3 Å². The van der Waals surface area contributed by atoms with E-state index in [9.17, 15) is 0 Å². The largest absolute Gasteiger partial charge is 0.438 e. The van der Waals surface area contributed by atoms with E-state index in [1.807, 2.05) is 42.5 Å². The molecule has 0 N–H and O–H groups in total. The third-order valence-electron chi connectivity index (χ3n) is 3.00. The fourth-order valence-electron chi connectivity index (χ4n) is 1.99. The molecule has 0 aliphatic rings. The quantitative estimate of drug-likeness (QED) is 0.710. The van der Waals surface area contributed by atoms with Crippen molar-refractivity contribution in [2.45, 2.75) is 6.42 Å². The highest BCUT2D eigenvalue weighted by atomic mass is 35.5. The third kappa shape index (κ3) is 3.80. The minimum Gasteiger partial charge on any atom is -0.438 e. The smallest absolute Gasteiger partial charge is 0.238 e. The Morgan fingerprint density at radius 2 is 1.48 bits per heavy atom. The van der Waals surface area contributed by atoms with Crippen LogP contribution >= 0.6 is 11.6 Å². The summed E-state index contributed by atoms with van der Waals surface area (Å²) in [4.78, 5) is 0. The second-order valence-electron chi connectivity index (χ2n) is 4.60. The van der Waals surface area contributed by atoms with Gasteiger partial charge in [0.2, 0.25) is 5.88 Å². The zero-order valence-corrected chi connectivity index (χ0v) is 12.0. The first kappa shape index (κ1) is 13.6. The second kappa shape index (κ2) is 6.37. The molecule has 0 aliphatic heterocycles. The van der Waals surface area contributed by atoms with Gasteiger partial charge in [-0.1, -0.05) is 54.1 Å². The van der Waals surface area contributed by atoms with Crippen molar-refractivity contribution in [3.05, 3.63) is 83.0 Å². The van der Waals surface area contributed by atoms with Crippen molar-refractivity contribution in [3.63, 3.8) is 0 Å². The first-order valence-corrected chi connectivity index (χ1v) is 6.97. The number of hydrogen-bond acceptors (Lipinski definition) is 3. The van der Waals surface area contributed by atoms with E-state index in [4.69, 9.17) is 16.3 Å². The van der Waals surface area contributed by atoms with Gasteiger partial charge in [0.15, 0.2) is 5.15 Å². The lowest BCUT2D eigenvalue weighted by Crippen LogP contribution is -1.91. The van der Waals surface area contributed by atoms with E-state index in [-0.39, 0.29) is 0 Å². The van der Waals surface area contributed by atoms with Crippen molar-refractivity contribution in [1.29, 1.82) is 0 Å². The van der Waals surface area contributed by atoms with Gasteiger partial charge in [-0.05, 0) is 35.7 Å². The lowest BCUT2D eigenvalue weighted by molar-refractivity contribution is 0.455. The van der Waals surface area contributed by atoms with Crippen molar-refractivity contribution in [2.75, 3.05) is 0 Å². The van der Waals surface area contributed by atoms with Gasteiger partial charge in [-0.2, -0.15) is 0 Å². The monoisotopic (exact) mass is 296 g/mol. The Labute approximate surface area is 128 Å². The molecule has 3 nitrogen and oxygen atoms in total. The van der Waals surface area contributed by atoms with Crippen LogP contribution in [0.25, 0.3) is 0 Å². The molecule has 3 aromatic rings. The molecule has 0 bridgehead atoms. The number of benzene rings is 2. The Morgan fingerprint density at radius 3 is 2.14 bits per heavy atom. The summed E-state index contributed by atoms with van der Waals surface area (Å²) in [5.41, 5.74) is 2.52. The van der Waals surface area contributed by atoms with Gasteiger partial charge < -0.3 is 4.74 Å².